The lowest BCUT2D eigenvalue weighted by molar-refractivity contribution is 0.882. The van der Waals surface area contributed by atoms with Gasteiger partial charge in [0.1, 0.15) is 0 Å². The monoisotopic (exact) mass is 147 g/mol. The molecule has 2 aromatic rings. The largest absolute Gasteiger partial charge is 0.363 e. The second-order valence-corrected chi connectivity index (χ2v) is 2.49. The van der Waals surface area contributed by atoms with Crippen LogP contribution in [0.3, 0.4) is 0 Å². The fourth-order valence-electron chi connectivity index (χ4n) is 1.05. The van der Waals surface area contributed by atoms with E-state index < -0.39 is 0 Å². The maximum Gasteiger partial charge on any atom is 0.0822 e. The van der Waals surface area contributed by atoms with Gasteiger partial charge >= 0.3 is 0 Å². The molecule has 0 atom stereocenters. The van der Waals surface area contributed by atoms with Crippen molar-refractivity contribution in [3.63, 3.8) is 0 Å². The highest BCUT2D eigenvalue weighted by molar-refractivity contribution is 5.30. The second kappa shape index (κ2) is 2.27. The van der Waals surface area contributed by atoms with Gasteiger partial charge in [-0.2, -0.15) is 5.10 Å². The Bertz CT molecular complexity index is 332. The van der Waals surface area contributed by atoms with Crippen LogP contribution in [0.1, 0.15) is 5.69 Å². The van der Waals surface area contributed by atoms with E-state index in [9.17, 15) is 0 Å². The molecule has 0 unspecified atom stereocenters. The van der Waals surface area contributed by atoms with Crippen molar-refractivity contribution in [3.8, 4) is 5.69 Å². The molecule has 0 saturated carbocycles. The Morgan fingerprint density at radius 1 is 1.55 bits per heavy atom. The summed E-state index contributed by atoms with van der Waals surface area (Å²) in [5.74, 6) is 0. The van der Waals surface area contributed by atoms with Crippen molar-refractivity contribution in [1.82, 2.24) is 14.8 Å². The van der Waals surface area contributed by atoms with E-state index in [-0.39, 0.29) is 0 Å². The first-order valence-corrected chi connectivity index (χ1v) is 3.51. The Morgan fingerprint density at radius 3 is 3.00 bits per heavy atom. The van der Waals surface area contributed by atoms with Crippen molar-refractivity contribution < 1.29 is 0 Å². The molecule has 0 saturated heterocycles. The van der Waals surface area contributed by atoms with Crippen LogP contribution in [0.25, 0.3) is 5.69 Å². The molecule has 11 heavy (non-hydrogen) atoms. The molecule has 1 N–H and O–H groups in total. The summed E-state index contributed by atoms with van der Waals surface area (Å²) in [7, 11) is 0. The molecule has 0 aliphatic carbocycles. The summed E-state index contributed by atoms with van der Waals surface area (Å²) in [4.78, 5) is 3.10. The van der Waals surface area contributed by atoms with Crippen LogP contribution in [0.5, 0.6) is 0 Å². The molecule has 0 aliphatic heterocycles. The number of rotatable bonds is 1. The summed E-state index contributed by atoms with van der Waals surface area (Å²) in [5, 5.41) is 4.10. The fraction of sp³-hybridized carbons (Fsp3) is 0.125. The second-order valence-electron chi connectivity index (χ2n) is 2.49. The van der Waals surface area contributed by atoms with Crippen LogP contribution in [0, 0.1) is 6.92 Å². The van der Waals surface area contributed by atoms with Crippen LogP contribution in [0.2, 0.25) is 0 Å². The average Bonchev–Trinajstić information content (AvgIpc) is 2.55. The predicted molar refractivity (Wildman–Crippen MR) is 42.7 cm³/mol. The number of H-pyrrole nitrogens is 1. The quantitative estimate of drug-likeness (QED) is 0.651. The van der Waals surface area contributed by atoms with Gasteiger partial charge in [-0.25, -0.2) is 4.68 Å². The molecule has 3 heteroatoms. The van der Waals surface area contributed by atoms with Gasteiger partial charge in [0, 0.05) is 24.3 Å². The van der Waals surface area contributed by atoms with Gasteiger partial charge in [0.2, 0.25) is 0 Å². The molecule has 0 aromatic carbocycles. The first-order chi connectivity index (χ1) is 5.36. The highest BCUT2D eigenvalue weighted by atomic mass is 15.3. The van der Waals surface area contributed by atoms with Crippen molar-refractivity contribution >= 4 is 0 Å². The lowest BCUT2D eigenvalue weighted by atomic mass is 10.4. The number of aromatic nitrogens is 3. The third-order valence-corrected chi connectivity index (χ3v) is 1.58. The molecule has 0 aliphatic rings. The van der Waals surface area contributed by atoms with Crippen LogP contribution in [-0.2, 0) is 0 Å². The van der Waals surface area contributed by atoms with E-state index in [1.807, 2.05) is 36.1 Å². The summed E-state index contributed by atoms with van der Waals surface area (Å²) < 4.78 is 1.82. The van der Waals surface area contributed by atoms with Crippen molar-refractivity contribution in [2.24, 2.45) is 0 Å². The number of nitrogens with zero attached hydrogens (tertiary/aromatic N) is 2. The topological polar surface area (TPSA) is 33.6 Å². The van der Waals surface area contributed by atoms with E-state index in [1.54, 1.807) is 6.20 Å². The molecule has 0 spiro atoms. The Kier molecular flexibility index (Phi) is 1.28. The molecular formula is C8H9N3. The molecule has 0 bridgehead atoms. The van der Waals surface area contributed by atoms with Gasteiger partial charge < -0.3 is 4.98 Å². The normalized spacial score (nSPS) is 10.3. The van der Waals surface area contributed by atoms with Gasteiger partial charge in [-0.05, 0) is 19.1 Å². The summed E-state index contributed by atoms with van der Waals surface area (Å²) in [6.07, 6.45) is 5.62. The third kappa shape index (κ3) is 1.05. The number of aromatic amines is 1. The van der Waals surface area contributed by atoms with E-state index in [1.165, 1.54) is 0 Å². The van der Waals surface area contributed by atoms with E-state index in [4.69, 9.17) is 0 Å². The highest BCUT2D eigenvalue weighted by Gasteiger charge is 1.95. The van der Waals surface area contributed by atoms with E-state index in [2.05, 4.69) is 10.1 Å². The average molecular weight is 147 g/mol. The van der Waals surface area contributed by atoms with Gasteiger partial charge in [-0.1, -0.05) is 0 Å². The zero-order valence-electron chi connectivity index (χ0n) is 6.28. The van der Waals surface area contributed by atoms with Gasteiger partial charge in [0.25, 0.3) is 0 Å². The molecule has 56 valence electrons. The van der Waals surface area contributed by atoms with Gasteiger partial charge in [-0.3, -0.25) is 0 Å². The minimum absolute atomic E-state index is 1.08. The lowest BCUT2D eigenvalue weighted by Gasteiger charge is -1.92. The third-order valence-electron chi connectivity index (χ3n) is 1.58. The number of nitrogens with one attached hydrogen (secondary N) is 1. The molecule has 0 fully saturated rings. The van der Waals surface area contributed by atoms with Crippen LogP contribution < -0.4 is 0 Å². The summed E-state index contributed by atoms with van der Waals surface area (Å²) in [5.41, 5.74) is 2.23. The molecule has 2 heterocycles. The zero-order valence-corrected chi connectivity index (χ0v) is 6.28. The molecule has 2 aromatic heterocycles. The number of aryl methyl sites for hydroxylation is 1. The molecule has 2 rings (SSSR count). The van der Waals surface area contributed by atoms with E-state index in [0.29, 0.717) is 0 Å². The highest BCUT2D eigenvalue weighted by Crippen LogP contribution is 2.06. The Labute approximate surface area is 64.7 Å². The SMILES string of the molecule is Cc1cc(-n2cccn2)c[nH]1. The van der Waals surface area contributed by atoms with Crippen LogP contribution in [0.15, 0.2) is 30.7 Å². The molecule has 0 amide bonds. The molecular weight excluding hydrogens is 138 g/mol. The smallest absolute Gasteiger partial charge is 0.0822 e. The van der Waals surface area contributed by atoms with Crippen molar-refractivity contribution in [2.75, 3.05) is 0 Å². The molecule has 0 radical (unpaired) electrons. The van der Waals surface area contributed by atoms with Crippen LogP contribution in [-0.4, -0.2) is 14.8 Å². The Balaban J connectivity index is 2.45. The summed E-state index contributed by atoms with van der Waals surface area (Å²) in [6.45, 7) is 2.02. The van der Waals surface area contributed by atoms with Gasteiger partial charge in [-0.15, -0.1) is 0 Å². The van der Waals surface area contributed by atoms with Crippen molar-refractivity contribution in [3.05, 3.63) is 36.4 Å². The summed E-state index contributed by atoms with van der Waals surface area (Å²) in [6, 6.07) is 3.95. The minimum Gasteiger partial charge on any atom is -0.363 e. The van der Waals surface area contributed by atoms with Gasteiger partial charge in [0.05, 0.1) is 5.69 Å². The zero-order chi connectivity index (χ0) is 7.68. The predicted octanol–water partition coefficient (Wildman–Crippen LogP) is 1.51. The summed E-state index contributed by atoms with van der Waals surface area (Å²) >= 11 is 0. The Morgan fingerprint density at radius 2 is 2.45 bits per heavy atom. The first kappa shape index (κ1) is 6.22. The Hall–Kier alpha value is -1.51. The minimum atomic E-state index is 1.08. The maximum absolute atomic E-state index is 4.10. The van der Waals surface area contributed by atoms with Crippen LogP contribution in [0.4, 0.5) is 0 Å². The van der Waals surface area contributed by atoms with Gasteiger partial charge in [0.15, 0.2) is 0 Å². The van der Waals surface area contributed by atoms with E-state index >= 15 is 0 Å². The van der Waals surface area contributed by atoms with Crippen LogP contribution >= 0.6 is 0 Å². The molecule has 3 nitrogen and oxygen atoms in total. The number of hydrogen-bond acceptors (Lipinski definition) is 1. The lowest BCUT2D eigenvalue weighted by Crippen LogP contribution is -1.90. The first-order valence-electron chi connectivity index (χ1n) is 3.51. The maximum atomic E-state index is 4.10. The van der Waals surface area contributed by atoms with Crippen molar-refractivity contribution in [1.29, 1.82) is 0 Å². The number of hydrogen-bond donors (Lipinski definition) is 1. The van der Waals surface area contributed by atoms with E-state index in [0.717, 1.165) is 11.4 Å². The van der Waals surface area contributed by atoms with Crippen molar-refractivity contribution in [2.45, 2.75) is 6.92 Å². The standard InChI is InChI=1S/C8H9N3/c1-7-5-8(6-9-7)11-4-2-3-10-11/h2-6,9H,1H3. The fourth-order valence-corrected chi connectivity index (χ4v) is 1.05.